The summed E-state index contributed by atoms with van der Waals surface area (Å²) in [5.41, 5.74) is 4.91. The molecule has 0 aliphatic carbocycles. The van der Waals surface area contributed by atoms with Gasteiger partial charge in [0.1, 0.15) is 0 Å². The molecule has 0 rings (SSSR count). The van der Waals surface area contributed by atoms with Gasteiger partial charge in [0.25, 0.3) is 0 Å². The Balaban J connectivity index is -0.0000000150. The van der Waals surface area contributed by atoms with Gasteiger partial charge in [0, 0.05) is 6.54 Å². The van der Waals surface area contributed by atoms with Crippen LogP contribution in [0.25, 0.3) is 0 Å². The van der Waals surface area contributed by atoms with Gasteiger partial charge in [0.05, 0.1) is 0 Å². The van der Waals surface area contributed by atoms with E-state index in [1.54, 1.807) is 6.08 Å². The van der Waals surface area contributed by atoms with Gasteiger partial charge in [-0.25, -0.2) is 0 Å². The third-order valence-corrected chi connectivity index (χ3v) is 0.167. The van der Waals surface area contributed by atoms with E-state index in [1.165, 1.54) is 0 Å². The summed E-state index contributed by atoms with van der Waals surface area (Å²) in [6.07, 6.45) is 1.65. The molecule has 0 aromatic carbocycles. The summed E-state index contributed by atoms with van der Waals surface area (Å²) >= 11 is 0. The van der Waals surface area contributed by atoms with Crippen molar-refractivity contribution in [1.82, 2.24) is 0 Å². The number of hydrogen-bond acceptors (Lipinski definition) is 1. The molecular formula is C3H9ClNNa. The average molecular weight is 118 g/mol. The molecule has 0 radical (unpaired) electrons. The first kappa shape index (κ1) is 15.8. The maximum Gasteiger partial charge on any atom is 1.00 e. The molecule has 0 aliphatic heterocycles. The Labute approximate surface area is 68.2 Å². The van der Waals surface area contributed by atoms with E-state index in [0.29, 0.717) is 6.54 Å². The summed E-state index contributed by atoms with van der Waals surface area (Å²) in [6, 6.07) is 0. The van der Waals surface area contributed by atoms with Crippen molar-refractivity contribution >= 4 is 12.4 Å². The first-order valence-electron chi connectivity index (χ1n) is 1.22. The van der Waals surface area contributed by atoms with E-state index in [1.807, 2.05) is 0 Å². The third kappa shape index (κ3) is 20.1. The second-order valence-electron chi connectivity index (χ2n) is 0.524. The van der Waals surface area contributed by atoms with E-state index in [-0.39, 0.29) is 43.4 Å². The molecule has 0 amide bonds. The maximum atomic E-state index is 4.91. The summed E-state index contributed by atoms with van der Waals surface area (Å²) in [7, 11) is 0. The molecule has 0 saturated carbocycles. The Morgan fingerprint density at radius 1 is 1.83 bits per heavy atom. The van der Waals surface area contributed by atoms with Crippen LogP contribution in [0.2, 0.25) is 0 Å². The van der Waals surface area contributed by atoms with E-state index in [4.69, 9.17) is 5.73 Å². The van der Waals surface area contributed by atoms with Gasteiger partial charge in [-0.2, -0.15) is 0 Å². The second kappa shape index (κ2) is 16.7. The van der Waals surface area contributed by atoms with E-state index >= 15 is 0 Å². The van der Waals surface area contributed by atoms with Crippen LogP contribution in [0.1, 0.15) is 1.43 Å². The van der Waals surface area contributed by atoms with E-state index in [9.17, 15) is 0 Å². The van der Waals surface area contributed by atoms with Gasteiger partial charge in [-0.1, -0.05) is 6.08 Å². The predicted molar refractivity (Wildman–Crippen MR) is 27.6 cm³/mol. The molecule has 0 atom stereocenters. The van der Waals surface area contributed by atoms with Gasteiger partial charge in [0.15, 0.2) is 0 Å². The number of nitrogens with two attached hydrogens (primary N) is 1. The molecule has 34 valence electrons. The first-order chi connectivity index (χ1) is 1.91. The number of halogens is 1. The van der Waals surface area contributed by atoms with Crippen molar-refractivity contribution < 1.29 is 31.0 Å². The third-order valence-electron chi connectivity index (χ3n) is 0.167. The minimum Gasteiger partial charge on any atom is -1.00 e. The van der Waals surface area contributed by atoms with Gasteiger partial charge < -0.3 is 7.16 Å². The van der Waals surface area contributed by atoms with Gasteiger partial charge in [-0.3, -0.25) is 0 Å². The molecule has 0 spiro atoms. The molecule has 0 aliphatic rings. The summed E-state index contributed by atoms with van der Waals surface area (Å²) in [5.74, 6) is 0. The first-order valence-corrected chi connectivity index (χ1v) is 1.22. The monoisotopic (exact) mass is 117 g/mol. The van der Waals surface area contributed by atoms with Crippen LogP contribution in [-0.2, 0) is 0 Å². The molecular weight excluding hydrogens is 108 g/mol. The minimum atomic E-state index is 0. The molecule has 0 bridgehead atoms. The van der Waals surface area contributed by atoms with E-state index in [2.05, 4.69) is 6.58 Å². The zero-order valence-corrected chi connectivity index (χ0v) is 6.79. The molecule has 0 fully saturated rings. The van der Waals surface area contributed by atoms with Crippen LogP contribution in [0.5, 0.6) is 0 Å². The largest absolute Gasteiger partial charge is 1.00 e. The fourth-order valence-corrected chi connectivity index (χ4v) is 0. The van der Waals surface area contributed by atoms with Gasteiger partial charge in [-0.05, 0) is 0 Å². The summed E-state index contributed by atoms with van der Waals surface area (Å²) in [6.45, 7) is 3.94. The fourth-order valence-electron chi connectivity index (χ4n) is 0. The SMILES string of the molecule is C=CCN.Cl.[H-].[Na+]. The van der Waals surface area contributed by atoms with Crippen LogP contribution in [0, 0.1) is 0 Å². The molecule has 1 nitrogen and oxygen atoms in total. The van der Waals surface area contributed by atoms with Crippen LogP contribution in [0.4, 0.5) is 0 Å². The Bertz CT molecular complexity index is 28.9. The van der Waals surface area contributed by atoms with Crippen LogP contribution >= 0.6 is 12.4 Å². The summed E-state index contributed by atoms with van der Waals surface area (Å²) < 4.78 is 0. The molecule has 2 N–H and O–H groups in total. The van der Waals surface area contributed by atoms with Crippen LogP contribution in [0.15, 0.2) is 12.7 Å². The van der Waals surface area contributed by atoms with Gasteiger partial charge in [0.2, 0.25) is 0 Å². The molecule has 3 heteroatoms. The van der Waals surface area contributed by atoms with Gasteiger partial charge >= 0.3 is 29.6 Å². The standard InChI is InChI=1S/C3H7N.ClH.Na.H/c1-2-3-4;;;/h2H,1,3-4H2;1H;;/q;;+1;-1. The van der Waals surface area contributed by atoms with Crippen LogP contribution < -0.4 is 35.3 Å². The van der Waals surface area contributed by atoms with Gasteiger partial charge in [-0.15, -0.1) is 19.0 Å². The van der Waals surface area contributed by atoms with Crippen LogP contribution in [-0.4, -0.2) is 6.54 Å². The maximum absolute atomic E-state index is 4.91. The predicted octanol–water partition coefficient (Wildman–Crippen LogP) is -2.33. The van der Waals surface area contributed by atoms with Crippen molar-refractivity contribution in [2.75, 3.05) is 6.54 Å². The average Bonchev–Trinajstić information content (AvgIpc) is 1.37. The zero-order chi connectivity index (χ0) is 3.41. The van der Waals surface area contributed by atoms with E-state index in [0.717, 1.165) is 0 Å². The quantitative estimate of drug-likeness (QED) is 0.303. The van der Waals surface area contributed by atoms with Crippen molar-refractivity contribution in [2.24, 2.45) is 5.73 Å². The molecule has 0 saturated heterocycles. The zero-order valence-electron chi connectivity index (χ0n) is 4.98. The molecule has 6 heavy (non-hydrogen) atoms. The number of hydrogen-bond donors (Lipinski definition) is 1. The molecule has 0 unspecified atom stereocenters. The van der Waals surface area contributed by atoms with Crippen molar-refractivity contribution in [3.8, 4) is 0 Å². The Kier molecular flexibility index (Phi) is 43.8. The fraction of sp³-hybridized carbons (Fsp3) is 0.333. The van der Waals surface area contributed by atoms with Crippen molar-refractivity contribution in [3.05, 3.63) is 12.7 Å². The normalized spacial score (nSPS) is 4.17. The summed E-state index contributed by atoms with van der Waals surface area (Å²) in [4.78, 5) is 0. The molecule has 0 heterocycles. The molecule has 0 aromatic heterocycles. The van der Waals surface area contributed by atoms with Crippen LogP contribution in [0.3, 0.4) is 0 Å². The van der Waals surface area contributed by atoms with Crippen molar-refractivity contribution in [1.29, 1.82) is 0 Å². The van der Waals surface area contributed by atoms with Crippen molar-refractivity contribution in [3.63, 3.8) is 0 Å². The Hall–Kier alpha value is 0.990. The topological polar surface area (TPSA) is 26.0 Å². The molecule has 0 aromatic rings. The Morgan fingerprint density at radius 3 is 2.00 bits per heavy atom. The minimum absolute atomic E-state index is 0. The summed E-state index contributed by atoms with van der Waals surface area (Å²) in [5, 5.41) is 0. The van der Waals surface area contributed by atoms with E-state index < -0.39 is 0 Å². The van der Waals surface area contributed by atoms with Crippen molar-refractivity contribution in [2.45, 2.75) is 0 Å². The number of rotatable bonds is 1. The second-order valence-corrected chi connectivity index (χ2v) is 0.524. The smallest absolute Gasteiger partial charge is 1.00 e. The Morgan fingerprint density at radius 2 is 2.00 bits per heavy atom.